The maximum atomic E-state index is 11.2. The number of nitrogens with one attached hydrogen (secondary N) is 1. The molecule has 2 rings (SSSR count). The van der Waals surface area contributed by atoms with Gasteiger partial charge in [0.25, 0.3) is 0 Å². The normalized spacial score (nSPS) is 19.2. The maximum absolute atomic E-state index is 11.2. The smallest absolute Gasteiger partial charge is 0.0951 e. The van der Waals surface area contributed by atoms with Gasteiger partial charge in [-0.3, -0.25) is 4.21 Å². The van der Waals surface area contributed by atoms with Crippen LogP contribution in [0.3, 0.4) is 0 Å². The average Bonchev–Trinajstić information content (AvgIpc) is 3.04. The monoisotopic (exact) mass is 255 g/mol. The van der Waals surface area contributed by atoms with Crippen LogP contribution in [0.4, 0.5) is 0 Å². The largest absolute Gasteiger partial charge is 0.330 e. The van der Waals surface area contributed by atoms with Crippen LogP contribution in [0.15, 0.2) is 12.5 Å². The number of nitrogens with zero attached hydrogens (tertiary/aromatic N) is 2. The van der Waals surface area contributed by atoms with Crippen molar-refractivity contribution in [3.05, 3.63) is 18.2 Å². The topological polar surface area (TPSA) is 46.9 Å². The minimum atomic E-state index is -0.710. The molecule has 0 radical (unpaired) electrons. The summed E-state index contributed by atoms with van der Waals surface area (Å²) in [7, 11) is -0.710. The Morgan fingerprint density at radius 3 is 3.06 bits per heavy atom. The summed E-state index contributed by atoms with van der Waals surface area (Å²) in [4.78, 5) is 4.20. The van der Waals surface area contributed by atoms with Gasteiger partial charge in [-0.25, -0.2) is 4.98 Å². The van der Waals surface area contributed by atoms with Crippen LogP contribution in [0.5, 0.6) is 0 Å². The van der Waals surface area contributed by atoms with Crippen molar-refractivity contribution in [3.63, 3.8) is 0 Å². The fourth-order valence-electron chi connectivity index (χ4n) is 1.84. The predicted molar refractivity (Wildman–Crippen MR) is 70.4 cm³/mol. The molecule has 0 amide bonds. The molecule has 0 saturated heterocycles. The molecule has 17 heavy (non-hydrogen) atoms. The SMILES string of the molecule is CC(CCNCc1cncn1C1CC1)S(C)=O. The number of hydrogen-bond donors (Lipinski definition) is 1. The Bertz CT molecular complexity index is 387. The van der Waals surface area contributed by atoms with Gasteiger partial charge in [-0.1, -0.05) is 6.92 Å². The molecule has 1 fully saturated rings. The Morgan fingerprint density at radius 2 is 2.41 bits per heavy atom. The second kappa shape index (κ2) is 5.78. The van der Waals surface area contributed by atoms with E-state index < -0.39 is 10.8 Å². The van der Waals surface area contributed by atoms with Crippen molar-refractivity contribution in [2.24, 2.45) is 0 Å². The number of aromatic nitrogens is 2. The van der Waals surface area contributed by atoms with Crippen molar-refractivity contribution in [2.45, 2.75) is 44.0 Å². The minimum absolute atomic E-state index is 0.274. The molecule has 0 spiro atoms. The van der Waals surface area contributed by atoms with E-state index in [4.69, 9.17) is 0 Å². The molecule has 0 aliphatic heterocycles. The average molecular weight is 255 g/mol. The van der Waals surface area contributed by atoms with Gasteiger partial charge in [-0.2, -0.15) is 0 Å². The lowest BCUT2D eigenvalue weighted by Gasteiger charge is -2.10. The summed E-state index contributed by atoms with van der Waals surface area (Å²) in [5.41, 5.74) is 1.26. The van der Waals surface area contributed by atoms with Crippen molar-refractivity contribution in [1.29, 1.82) is 0 Å². The van der Waals surface area contributed by atoms with Gasteiger partial charge in [0.1, 0.15) is 0 Å². The van der Waals surface area contributed by atoms with E-state index in [1.165, 1.54) is 18.5 Å². The van der Waals surface area contributed by atoms with E-state index in [0.29, 0.717) is 6.04 Å². The van der Waals surface area contributed by atoms with Gasteiger partial charge in [0.15, 0.2) is 0 Å². The predicted octanol–water partition coefficient (Wildman–Crippen LogP) is 1.46. The fraction of sp³-hybridized carbons (Fsp3) is 0.750. The number of hydrogen-bond acceptors (Lipinski definition) is 3. The maximum Gasteiger partial charge on any atom is 0.0951 e. The number of imidazole rings is 1. The van der Waals surface area contributed by atoms with Gasteiger partial charge in [-0.05, 0) is 25.8 Å². The van der Waals surface area contributed by atoms with Crippen molar-refractivity contribution in [2.75, 3.05) is 12.8 Å². The van der Waals surface area contributed by atoms with Crippen molar-refractivity contribution in [3.8, 4) is 0 Å². The summed E-state index contributed by atoms with van der Waals surface area (Å²) >= 11 is 0. The van der Waals surface area contributed by atoms with E-state index in [1.54, 1.807) is 6.26 Å². The molecule has 2 atom stereocenters. The Morgan fingerprint density at radius 1 is 1.65 bits per heavy atom. The van der Waals surface area contributed by atoms with Gasteiger partial charge < -0.3 is 9.88 Å². The van der Waals surface area contributed by atoms with Crippen LogP contribution in [0.2, 0.25) is 0 Å². The Labute approximate surface area is 105 Å². The molecule has 1 aromatic rings. The van der Waals surface area contributed by atoms with Gasteiger partial charge in [0, 0.05) is 41.1 Å². The van der Waals surface area contributed by atoms with Crippen molar-refractivity contribution >= 4 is 10.8 Å². The highest BCUT2D eigenvalue weighted by Crippen LogP contribution is 2.35. The first-order valence-electron chi connectivity index (χ1n) is 6.22. The van der Waals surface area contributed by atoms with Gasteiger partial charge in [0.05, 0.1) is 12.0 Å². The zero-order valence-electron chi connectivity index (χ0n) is 10.6. The molecule has 96 valence electrons. The molecule has 1 aliphatic rings. The van der Waals surface area contributed by atoms with Crippen LogP contribution in [-0.4, -0.2) is 31.8 Å². The molecular formula is C12H21N3OS. The van der Waals surface area contributed by atoms with Crippen LogP contribution in [0.25, 0.3) is 0 Å². The summed E-state index contributed by atoms with van der Waals surface area (Å²) in [6, 6.07) is 0.691. The van der Waals surface area contributed by atoms with Crippen LogP contribution in [-0.2, 0) is 17.3 Å². The third-order valence-electron chi connectivity index (χ3n) is 3.29. The first-order chi connectivity index (χ1) is 8.18. The van der Waals surface area contributed by atoms with Crippen molar-refractivity contribution in [1.82, 2.24) is 14.9 Å². The molecule has 4 nitrogen and oxygen atoms in total. The van der Waals surface area contributed by atoms with Gasteiger partial charge in [0.2, 0.25) is 0 Å². The highest BCUT2D eigenvalue weighted by atomic mass is 32.2. The Hall–Kier alpha value is -0.680. The fourth-order valence-corrected chi connectivity index (χ4v) is 2.29. The molecule has 2 unspecified atom stereocenters. The highest BCUT2D eigenvalue weighted by molar-refractivity contribution is 7.84. The molecule has 5 heteroatoms. The first kappa shape index (κ1) is 12.8. The molecule has 1 saturated carbocycles. The minimum Gasteiger partial charge on any atom is -0.330 e. The molecule has 1 heterocycles. The molecule has 0 bridgehead atoms. The summed E-state index contributed by atoms with van der Waals surface area (Å²) in [5.74, 6) is 0. The summed E-state index contributed by atoms with van der Waals surface area (Å²) in [5, 5.41) is 3.68. The van der Waals surface area contributed by atoms with E-state index in [-0.39, 0.29) is 5.25 Å². The second-order valence-electron chi connectivity index (χ2n) is 4.80. The second-order valence-corrected chi connectivity index (χ2v) is 6.60. The summed E-state index contributed by atoms with van der Waals surface area (Å²) < 4.78 is 13.5. The zero-order valence-corrected chi connectivity index (χ0v) is 11.4. The van der Waals surface area contributed by atoms with Crippen LogP contribution >= 0.6 is 0 Å². The molecule has 1 N–H and O–H groups in total. The van der Waals surface area contributed by atoms with Crippen LogP contribution in [0.1, 0.15) is 37.9 Å². The third-order valence-corrected chi connectivity index (χ3v) is 4.66. The van der Waals surface area contributed by atoms with Gasteiger partial charge in [-0.15, -0.1) is 0 Å². The van der Waals surface area contributed by atoms with Gasteiger partial charge >= 0.3 is 0 Å². The van der Waals surface area contributed by atoms with E-state index in [2.05, 4.69) is 14.9 Å². The summed E-state index contributed by atoms with van der Waals surface area (Å²) in [6.07, 6.45) is 9.17. The third kappa shape index (κ3) is 3.64. The van der Waals surface area contributed by atoms with Crippen molar-refractivity contribution < 1.29 is 4.21 Å². The Kier molecular flexibility index (Phi) is 4.34. The van der Waals surface area contributed by atoms with Crippen LogP contribution < -0.4 is 5.32 Å². The Balaban J connectivity index is 1.71. The molecule has 1 aromatic heterocycles. The standard InChI is InChI=1S/C12H21N3OS/c1-10(17(2)16)5-6-13-7-12-8-14-9-15(12)11-3-4-11/h8-11,13H,3-7H2,1-2H3. The van der Waals surface area contributed by atoms with E-state index in [0.717, 1.165) is 19.5 Å². The highest BCUT2D eigenvalue weighted by Gasteiger charge is 2.24. The van der Waals surface area contributed by atoms with E-state index in [1.807, 2.05) is 19.4 Å². The molecular weight excluding hydrogens is 234 g/mol. The molecule has 0 aromatic carbocycles. The van der Waals surface area contributed by atoms with E-state index >= 15 is 0 Å². The van der Waals surface area contributed by atoms with Crippen LogP contribution in [0, 0.1) is 0 Å². The number of rotatable bonds is 7. The molecule has 1 aliphatic carbocycles. The quantitative estimate of drug-likeness (QED) is 0.750. The lowest BCUT2D eigenvalue weighted by molar-refractivity contribution is 0.596. The van der Waals surface area contributed by atoms with E-state index in [9.17, 15) is 4.21 Å². The first-order valence-corrected chi connectivity index (χ1v) is 7.84. The zero-order chi connectivity index (χ0) is 12.3. The summed E-state index contributed by atoms with van der Waals surface area (Å²) in [6.45, 7) is 3.81. The lowest BCUT2D eigenvalue weighted by Crippen LogP contribution is -2.22. The lowest BCUT2D eigenvalue weighted by atomic mass is 10.3.